The minimum Gasteiger partial charge on any atom is -0.311 e. The van der Waals surface area contributed by atoms with Crippen LogP contribution in [-0.4, -0.2) is 27.3 Å². The van der Waals surface area contributed by atoms with Gasteiger partial charge < -0.3 is 5.32 Å². The number of nitrogens with one attached hydrogen (secondary N) is 1. The van der Waals surface area contributed by atoms with Gasteiger partial charge in [-0.25, -0.2) is 4.68 Å². The van der Waals surface area contributed by atoms with Gasteiger partial charge in [-0.2, -0.15) is 0 Å². The van der Waals surface area contributed by atoms with Crippen molar-refractivity contribution in [2.75, 3.05) is 7.05 Å². The first kappa shape index (κ1) is 9.58. The van der Waals surface area contributed by atoms with Gasteiger partial charge in [-0.3, -0.25) is 0 Å². The minimum atomic E-state index is 0.214. The third-order valence-corrected chi connectivity index (χ3v) is 3.03. The van der Waals surface area contributed by atoms with E-state index in [1.54, 1.807) is 0 Å². The summed E-state index contributed by atoms with van der Waals surface area (Å²) in [5, 5.41) is 15.0. The molecular weight excluding hydrogens is 178 g/mol. The Morgan fingerprint density at radius 1 is 1.43 bits per heavy atom. The first-order chi connectivity index (χ1) is 6.74. The maximum Gasteiger partial charge on any atom is 0.168 e. The summed E-state index contributed by atoms with van der Waals surface area (Å²) in [7, 11) is 1.92. The largest absolute Gasteiger partial charge is 0.311 e. The maximum absolute atomic E-state index is 4.06. The molecule has 5 nitrogen and oxygen atoms in total. The summed E-state index contributed by atoms with van der Waals surface area (Å²) in [6.07, 6.45) is 2.63. The molecule has 1 fully saturated rings. The quantitative estimate of drug-likeness (QED) is 0.776. The molecule has 1 saturated carbocycles. The monoisotopic (exact) mass is 195 g/mol. The van der Waals surface area contributed by atoms with Crippen molar-refractivity contribution in [3.63, 3.8) is 0 Å². The third kappa shape index (κ3) is 1.64. The molecule has 1 aromatic rings. The van der Waals surface area contributed by atoms with Crippen molar-refractivity contribution in [2.24, 2.45) is 5.92 Å². The summed E-state index contributed by atoms with van der Waals surface area (Å²) < 4.78 is 1.96. The van der Waals surface area contributed by atoms with E-state index in [-0.39, 0.29) is 6.04 Å². The standard InChI is InChI=1S/C9H17N5/c1-6(10-3)9-11-12-13-14(9)7(2)8-4-5-8/h6-8,10H,4-5H2,1-3H3. The summed E-state index contributed by atoms with van der Waals surface area (Å²) in [5.41, 5.74) is 0. The molecule has 2 atom stereocenters. The number of nitrogens with zero attached hydrogens (tertiary/aromatic N) is 4. The van der Waals surface area contributed by atoms with Crippen molar-refractivity contribution in [1.82, 2.24) is 25.5 Å². The van der Waals surface area contributed by atoms with E-state index in [0.717, 1.165) is 11.7 Å². The highest BCUT2D eigenvalue weighted by molar-refractivity contribution is 4.94. The third-order valence-electron chi connectivity index (χ3n) is 3.03. The molecule has 14 heavy (non-hydrogen) atoms. The molecule has 1 heterocycles. The molecule has 0 radical (unpaired) electrons. The van der Waals surface area contributed by atoms with E-state index >= 15 is 0 Å². The molecule has 1 aliphatic carbocycles. The lowest BCUT2D eigenvalue weighted by Gasteiger charge is -2.15. The Morgan fingerprint density at radius 2 is 2.14 bits per heavy atom. The van der Waals surface area contributed by atoms with Gasteiger partial charge in [0.25, 0.3) is 0 Å². The lowest BCUT2D eigenvalue weighted by molar-refractivity contribution is 0.398. The molecule has 5 heteroatoms. The molecule has 0 bridgehead atoms. The van der Waals surface area contributed by atoms with Crippen molar-refractivity contribution < 1.29 is 0 Å². The number of tetrazole rings is 1. The van der Waals surface area contributed by atoms with Gasteiger partial charge in [0.2, 0.25) is 0 Å². The Balaban J connectivity index is 2.19. The lowest BCUT2D eigenvalue weighted by Crippen LogP contribution is -2.21. The number of rotatable bonds is 4. The Morgan fingerprint density at radius 3 is 2.71 bits per heavy atom. The summed E-state index contributed by atoms with van der Waals surface area (Å²) in [5.74, 6) is 1.72. The minimum absolute atomic E-state index is 0.214. The van der Waals surface area contributed by atoms with Crippen LogP contribution < -0.4 is 5.32 Å². The van der Waals surface area contributed by atoms with Crippen molar-refractivity contribution >= 4 is 0 Å². The van der Waals surface area contributed by atoms with Crippen LogP contribution >= 0.6 is 0 Å². The SMILES string of the molecule is CNC(C)c1nnnn1C(C)C1CC1. The lowest BCUT2D eigenvalue weighted by atomic mass is 10.2. The Hall–Kier alpha value is -0.970. The fourth-order valence-corrected chi connectivity index (χ4v) is 1.68. The van der Waals surface area contributed by atoms with Gasteiger partial charge in [-0.05, 0) is 50.1 Å². The van der Waals surface area contributed by atoms with E-state index in [1.807, 2.05) is 11.7 Å². The molecule has 2 unspecified atom stereocenters. The van der Waals surface area contributed by atoms with Gasteiger partial charge in [0, 0.05) is 0 Å². The molecule has 1 aromatic heterocycles. The molecule has 0 aliphatic heterocycles. The van der Waals surface area contributed by atoms with Crippen LogP contribution in [0, 0.1) is 5.92 Å². The van der Waals surface area contributed by atoms with Crippen LogP contribution in [0.3, 0.4) is 0 Å². The zero-order valence-corrected chi connectivity index (χ0v) is 8.94. The average molecular weight is 195 g/mol. The molecule has 0 amide bonds. The van der Waals surface area contributed by atoms with Crippen LogP contribution in [0.25, 0.3) is 0 Å². The summed E-state index contributed by atoms with van der Waals surface area (Å²) >= 11 is 0. The Bertz CT molecular complexity index is 304. The fraction of sp³-hybridized carbons (Fsp3) is 0.889. The zero-order valence-electron chi connectivity index (χ0n) is 8.94. The molecular formula is C9H17N5. The number of aromatic nitrogens is 4. The van der Waals surface area contributed by atoms with Crippen molar-refractivity contribution in [1.29, 1.82) is 0 Å². The molecule has 0 saturated heterocycles. The normalized spacial score (nSPS) is 20.8. The zero-order chi connectivity index (χ0) is 10.1. The first-order valence-corrected chi connectivity index (χ1v) is 5.19. The highest BCUT2D eigenvalue weighted by Gasteiger charge is 2.31. The van der Waals surface area contributed by atoms with Crippen LogP contribution in [0.4, 0.5) is 0 Å². The van der Waals surface area contributed by atoms with E-state index in [9.17, 15) is 0 Å². The Kier molecular flexibility index (Phi) is 2.50. The van der Waals surface area contributed by atoms with Gasteiger partial charge >= 0.3 is 0 Å². The molecule has 2 rings (SSSR count). The second kappa shape index (κ2) is 3.65. The molecule has 1 N–H and O–H groups in total. The smallest absolute Gasteiger partial charge is 0.168 e. The van der Waals surface area contributed by atoms with Crippen molar-refractivity contribution in [2.45, 2.75) is 38.8 Å². The van der Waals surface area contributed by atoms with Gasteiger partial charge in [0.05, 0.1) is 12.1 Å². The van der Waals surface area contributed by atoms with Crippen molar-refractivity contribution in [3.8, 4) is 0 Å². The highest BCUT2D eigenvalue weighted by atomic mass is 15.6. The number of hydrogen-bond acceptors (Lipinski definition) is 4. The predicted molar refractivity (Wildman–Crippen MR) is 52.7 cm³/mol. The second-order valence-electron chi connectivity index (χ2n) is 4.07. The molecule has 78 valence electrons. The van der Waals surface area contributed by atoms with Crippen LogP contribution in [0.15, 0.2) is 0 Å². The van der Waals surface area contributed by atoms with Crippen LogP contribution in [0.1, 0.15) is 44.6 Å². The van der Waals surface area contributed by atoms with E-state index in [0.29, 0.717) is 6.04 Å². The maximum atomic E-state index is 4.06. The highest BCUT2D eigenvalue weighted by Crippen LogP contribution is 2.39. The summed E-state index contributed by atoms with van der Waals surface area (Å²) in [6, 6.07) is 0.655. The number of hydrogen-bond donors (Lipinski definition) is 1. The van der Waals surface area contributed by atoms with Gasteiger partial charge in [0.15, 0.2) is 5.82 Å². The first-order valence-electron chi connectivity index (χ1n) is 5.19. The fourth-order valence-electron chi connectivity index (χ4n) is 1.68. The van der Waals surface area contributed by atoms with E-state index in [1.165, 1.54) is 12.8 Å². The average Bonchev–Trinajstić information content (AvgIpc) is 2.93. The van der Waals surface area contributed by atoms with Crippen LogP contribution in [-0.2, 0) is 0 Å². The summed E-state index contributed by atoms with van der Waals surface area (Å²) in [6.45, 7) is 4.27. The second-order valence-corrected chi connectivity index (χ2v) is 4.07. The van der Waals surface area contributed by atoms with Gasteiger partial charge in [-0.1, -0.05) is 0 Å². The van der Waals surface area contributed by atoms with Crippen LogP contribution in [0.2, 0.25) is 0 Å². The van der Waals surface area contributed by atoms with E-state index in [4.69, 9.17) is 0 Å². The van der Waals surface area contributed by atoms with Crippen LogP contribution in [0.5, 0.6) is 0 Å². The molecule has 1 aliphatic rings. The van der Waals surface area contributed by atoms with E-state index in [2.05, 4.69) is 34.7 Å². The summed E-state index contributed by atoms with van der Waals surface area (Å²) in [4.78, 5) is 0. The molecule has 0 aromatic carbocycles. The topological polar surface area (TPSA) is 55.6 Å². The van der Waals surface area contributed by atoms with Crippen molar-refractivity contribution in [3.05, 3.63) is 5.82 Å². The van der Waals surface area contributed by atoms with E-state index < -0.39 is 0 Å². The van der Waals surface area contributed by atoms with Gasteiger partial charge in [-0.15, -0.1) is 5.10 Å². The Labute approximate surface area is 83.9 Å². The van der Waals surface area contributed by atoms with Gasteiger partial charge in [0.1, 0.15) is 0 Å². The molecule has 0 spiro atoms. The predicted octanol–water partition coefficient (Wildman–Crippen LogP) is 0.924.